The number of ether oxygens (including phenoxy) is 3. The van der Waals surface area contributed by atoms with Crippen molar-refractivity contribution in [3.05, 3.63) is 53.2 Å². The van der Waals surface area contributed by atoms with Crippen LogP contribution in [0, 0.1) is 0 Å². The molecule has 0 radical (unpaired) electrons. The van der Waals surface area contributed by atoms with Gasteiger partial charge in [-0.2, -0.15) is 0 Å². The third-order valence-corrected chi connectivity index (χ3v) is 5.35. The fourth-order valence-electron chi connectivity index (χ4n) is 3.83. The number of aromatic nitrogens is 1. The number of hydrogen-bond acceptors (Lipinski definition) is 5. The van der Waals surface area contributed by atoms with E-state index in [4.69, 9.17) is 14.2 Å². The number of rotatable bonds is 6. The first-order valence-electron chi connectivity index (χ1n) is 9.27. The number of fused-ring (bicyclic) bond motifs is 2. The molecule has 146 valence electrons. The standard InChI is InChI=1S/C22H24N2O4/c1-26-16-4-5-17-18(11-23-19(17)10-16)20(25)13-24-7-6-14-8-21(27-2)22(28-3)9-15(14)12-24/h4-5,8-11,23H,6-7,12-13H2,1-3H3. The Hall–Kier alpha value is -2.99. The second kappa shape index (κ2) is 7.56. The smallest absolute Gasteiger partial charge is 0.178 e. The number of ketones is 1. The molecule has 0 unspecified atom stereocenters. The molecule has 0 saturated carbocycles. The number of Topliss-reactive ketones (excluding diaryl/α,β-unsaturated/α-hetero) is 1. The molecule has 6 nitrogen and oxygen atoms in total. The van der Waals surface area contributed by atoms with Crippen LogP contribution in [0.25, 0.3) is 10.9 Å². The van der Waals surface area contributed by atoms with E-state index in [1.165, 1.54) is 11.1 Å². The Morgan fingerprint density at radius 1 is 1.04 bits per heavy atom. The molecule has 1 aliphatic rings. The maximum absolute atomic E-state index is 12.9. The van der Waals surface area contributed by atoms with Crippen molar-refractivity contribution in [1.29, 1.82) is 0 Å². The molecule has 0 bridgehead atoms. The maximum Gasteiger partial charge on any atom is 0.178 e. The number of nitrogens with one attached hydrogen (secondary N) is 1. The van der Waals surface area contributed by atoms with Gasteiger partial charge in [0.1, 0.15) is 5.75 Å². The Morgan fingerprint density at radius 2 is 1.79 bits per heavy atom. The first-order chi connectivity index (χ1) is 13.6. The third kappa shape index (κ3) is 3.31. The Bertz CT molecular complexity index is 1020. The van der Waals surface area contributed by atoms with Crippen molar-refractivity contribution >= 4 is 16.7 Å². The van der Waals surface area contributed by atoms with Gasteiger partial charge in [-0.1, -0.05) is 0 Å². The molecule has 1 aliphatic heterocycles. The minimum absolute atomic E-state index is 0.111. The van der Waals surface area contributed by atoms with Crippen LogP contribution in [0.4, 0.5) is 0 Å². The summed E-state index contributed by atoms with van der Waals surface area (Å²) in [6, 6.07) is 9.77. The fraction of sp³-hybridized carbons (Fsp3) is 0.318. The Balaban J connectivity index is 1.52. The minimum atomic E-state index is 0.111. The highest BCUT2D eigenvalue weighted by Crippen LogP contribution is 2.33. The summed E-state index contributed by atoms with van der Waals surface area (Å²) in [6.45, 7) is 1.94. The van der Waals surface area contributed by atoms with E-state index in [1.54, 1.807) is 27.5 Å². The number of carbonyl (C=O) groups is 1. The number of aromatic amines is 1. The molecule has 0 amide bonds. The van der Waals surface area contributed by atoms with Crippen molar-refractivity contribution in [1.82, 2.24) is 9.88 Å². The zero-order chi connectivity index (χ0) is 19.7. The molecule has 3 aromatic rings. The van der Waals surface area contributed by atoms with Crippen molar-refractivity contribution in [3.8, 4) is 17.2 Å². The van der Waals surface area contributed by atoms with Crippen LogP contribution in [0.3, 0.4) is 0 Å². The Morgan fingerprint density at radius 3 is 2.50 bits per heavy atom. The summed E-state index contributed by atoms with van der Waals surface area (Å²) in [4.78, 5) is 18.3. The fourth-order valence-corrected chi connectivity index (χ4v) is 3.83. The lowest BCUT2D eigenvalue weighted by atomic mass is 9.98. The average molecular weight is 380 g/mol. The van der Waals surface area contributed by atoms with Crippen LogP contribution in [-0.4, -0.2) is 50.1 Å². The zero-order valence-corrected chi connectivity index (χ0v) is 16.4. The van der Waals surface area contributed by atoms with Crippen LogP contribution in [0.5, 0.6) is 17.2 Å². The maximum atomic E-state index is 12.9. The van der Waals surface area contributed by atoms with Gasteiger partial charge in [0.15, 0.2) is 17.3 Å². The number of carbonyl (C=O) groups excluding carboxylic acids is 1. The molecular formula is C22H24N2O4. The van der Waals surface area contributed by atoms with E-state index in [9.17, 15) is 4.79 Å². The zero-order valence-electron chi connectivity index (χ0n) is 16.4. The van der Waals surface area contributed by atoms with E-state index in [2.05, 4.69) is 9.88 Å². The van der Waals surface area contributed by atoms with Crippen LogP contribution in [0.15, 0.2) is 36.5 Å². The third-order valence-electron chi connectivity index (χ3n) is 5.35. The molecule has 0 fully saturated rings. The molecule has 1 aromatic heterocycles. The molecule has 2 aromatic carbocycles. The summed E-state index contributed by atoms with van der Waals surface area (Å²) >= 11 is 0. The van der Waals surface area contributed by atoms with Gasteiger partial charge in [-0.25, -0.2) is 0 Å². The van der Waals surface area contributed by atoms with Gasteiger partial charge in [-0.3, -0.25) is 9.69 Å². The summed E-state index contributed by atoms with van der Waals surface area (Å²) in [5.41, 5.74) is 4.06. The van der Waals surface area contributed by atoms with Crippen molar-refractivity contribution in [2.75, 3.05) is 34.4 Å². The van der Waals surface area contributed by atoms with Gasteiger partial charge in [-0.05, 0) is 41.8 Å². The van der Waals surface area contributed by atoms with Crippen molar-refractivity contribution in [3.63, 3.8) is 0 Å². The van der Waals surface area contributed by atoms with Crippen LogP contribution in [0.1, 0.15) is 21.5 Å². The van der Waals surface area contributed by atoms with Gasteiger partial charge < -0.3 is 19.2 Å². The van der Waals surface area contributed by atoms with E-state index in [1.807, 2.05) is 30.3 Å². The van der Waals surface area contributed by atoms with Gasteiger partial charge in [0.05, 0.1) is 27.9 Å². The van der Waals surface area contributed by atoms with Gasteiger partial charge in [0.2, 0.25) is 0 Å². The van der Waals surface area contributed by atoms with Crippen LogP contribution in [-0.2, 0) is 13.0 Å². The number of benzene rings is 2. The quantitative estimate of drug-likeness (QED) is 0.664. The first kappa shape index (κ1) is 18.4. The highest BCUT2D eigenvalue weighted by molar-refractivity contribution is 6.09. The van der Waals surface area contributed by atoms with E-state index in [0.717, 1.165) is 53.2 Å². The molecule has 2 heterocycles. The van der Waals surface area contributed by atoms with Gasteiger partial charge >= 0.3 is 0 Å². The number of H-pyrrole nitrogens is 1. The number of nitrogens with zero attached hydrogens (tertiary/aromatic N) is 1. The largest absolute Gasteiger partial charge is 0.497 e. The summed E-state index contributed by atoms with van der Waals surface area (Å²) in [5, 5.41) is 0.926. The SMILES string of the molecule is COc1ccc2c(C(=O)CN3CCc4cc(OC)c(OC)cc4C3)c[nH]c2c1. The lowest BCUT2D eigenvalue weighted by Gasteiger charge is -2.29. The topological polar surface area (TPSA) is 63.8 Å². The molecule has 0 saturated heterocycles. The lowest BCUT2D eigenvalue weighted by molar-refractivity contribution is 0.0923. The molecule has 4 rings (SSSR count). The monoisotopic (exact) mass is 380 g/mol. The second-order valence-corrected chi connectivity index (χ2v) is 6.97. The molecule has 1 N–H and O–H groups in total. The average Bonchev–Trinajstić information content (AvgIpc) is 3.15. The van der Waals surface area contributed by atoms with Gasteiger partial charge in [-0.15, -0.1) is 0 Å². The van der Waals surface area contributed by atoms with Crippen LogP contribution in [0.2, 0.25) is 0 Å². The molecule has 6 heteroatoms. The Kier molecular flexibility index (Phi) is 4.96. The molecule has 0 atom stereocenters. The predicted molar refractivity (Wildman–Crippen MR) is 108 cm³/mol. The summed E-state index contributed by atoms with van der Waals surface area (Å²) in [7, 11) is 4.92. The van der Waals surface area contributed by atoms with E-state index in [-0.39, 0.29) is 5.78 Å². The predicted octanol–water partition coefficient (Wildman–Crippen LogP) is 3.43. The second-order valence-electron chi connectivity index (χ2n) is 6.97. The van der Waals surface area contributed by atoms with E-state index in [0.29, 0.717) is 6.54 Å². The summed E-state index contributed by atoms with van der Waals surface area (Å²) in [5.74, 6) is 2.35. The van der Waals surface area contributed by atoms with E-state index >= 15 is 0 Å². The first-order valence-corrected chi connectivity index (χ1v) is 9.27. The minimum Gasteiger partial charge on any atom is -0.497 e. The molecule has 28 heavy (non-hydrogen) atoms. The van der Waals surface area contributed by atoms with Crippen molar-refractivity contribution in [2.24, 2.45) is 0 Å². The summed E-state index contributed by atoms with van der Waals surface area (Å²) < 4.78 is 16.1. The molecule has 0 aliphatic carbocycles. The normalized spacial score (nSPS) is 14.0. The number of hydrogen-bond donors (Lipinski definition) is 1. The lowest BCUT2D eigenvalue weighted by Crippen LogP contribution is -2.34. The number of methoxy groups -OCH3 is 3. The molecule has 0 spiro atoms. The van der Waals surface area contributed by atoms with Gasteiger partial charge in [0.25, 0.3) is 0 Å². The summed E-state index contributed by atoms with van der Waals surface area (Å²) in [6.07, 6.45) is 2.67. The van der Waals surface area contributed by atoms with Crippen molar-refractivity contribution < 1.29 is 19.0 Å². The van der Waals surface area contributed by atoms with Crippen LogP contribution < -0.4 is 14.2 Å². The van der Waals surface area contributed by atoms with Crippen molar-refractivity contribution in [2.45, 2.75) is 13.0 Å². The van der Waals surface area contributed by atoms with Crippen LogP contribution >= 0.6 is 0 Å². The molecular weight excluding hydrogens is 356 g/mol. The Labute approximate surface area is 164 Å². The van der Waals surface area contributed by atoms with E-state index < -0.39 is 0 Å². The highest BCUT2D eigenvalue weighted by atomic mass is 16.5. The highest BCUT2D eigenvalue weighted by Gasteiger charge is 2.22. The van der Waals surface area contributed by atoms with Gasteiger partial charge in [0, 0.05) is 41.8 Å².